The molecular formula is C15H24N2O3. The summed E-state index contributed by atoms with van der Waals surface area (Å²) >= 11 is 0. The number of benzene rings is 1. The van der Waals surface area contributed by atoms with E-state index >= 15 is 0 Å². The summed E-state index contributed by atoms with van der Waals surface area (Å²) in [5, 5.41) is 8.94. The summed E-state index contributed by atoms with van der Waals surface area (Å²) in [4.78, 5) is 13.0. The molecule has 5 nitrogen and oxygen atoms in total. The molecule has 3 N–H and O–H groups in total. The Morgan fingerprint density at radius 1 is 1.45 bits per heavy atom. The second-order valence-corrected chi connectivity index (χ2v) is 5.30. The van der Waals surface area contributed by atoms with E-state index in [9.17, 15) is 4.79 Å². The predicted molar refractivity (Wildman–Crippen MR) is 80.3 cm³/mol. The van der Waals surface area contributed by atoms with E-state index in [1.54, 1.807) is 14.0 Å². The number of carboxylic acids is 1. The van der Waals surface area contributed by atoms with E-state index in [1.807, 2.05) is 31.3 Å². The Morgan fingerprint density at radius 3 is 2.75 bits per heavy atom. The molecule has 5 heteroatoms. The number of unbranched alkanes of at least 4 members (excludes halogenated alkanes) is 1. The monoisotopic (exact) mass is 280 g/mol. The molecule has 20 heavy (non-hydrogen) atoms. The first-order chi connectivity index (χ1) is 9.36. The summed E-state index contributed by atoms with van der Waals surface area (Å²) in [5.74, 6) is -0.117. The summed E-state index contributed by atoms with van der Waals surface area (Å²) in [6.07, 6.45) is 2.16. The van der Waals surface area contributed by atoms with Gasteiger partial charge in [0.25, 0.3) is 0 Å². The molecule has 112 valence electrons. The molecule has 0 bridgehead atoms. The van der Waals surface area contributed by atoms with Crippen LogP contribution in [-0.4, -0.2) is 37.3 Å². The molecule has 1 atom stereocenters. The highest BCUT2D eigenvalue weighted by molar-refractivity contribution is 5.77. The minimum Gasteiger partial charge on any atom is -0.497 e. The van der Waals surface area contributed by atoms with Gasteiger partial charge in [0.2, 0.25) is 0 Å². The van der Waals surface area contributed by atoms with E-state index in [0.717, 1.165) is 30.8 Å². The Labute approximate surface area is 120 Å². The van der Waals surface area contributed by atoms with E-state index < -0.39 is 11.5 Å². The number of methoxy groups -OCH3 is 1. The molecule has 0 aliphatic carbocycles. The third kappa shape index (κ3) is 4.74. The molecule has 0 spiro atoms. The van der Waals surface area contributed by atoms with Gasteiger partial charge in [-0.1, -0.05) is 6.07 Å². The Kier molecular flexibility index (Phi) is 5.82. The lowest BCUT2D eigenvalue weighted by atomic mass is 9.96. The third-order valence-electron chi connectivity index (χ3n) is 3.42. The first kappa shape index (κ1) is 16.3. The lowest BCUT2D eigenvalue weighted by molar-refractivity contribution is -0.142. The number of ether oxygens (including phenoxy) is 1. The number of rotatable bonds is 8. The van der Waals surface area contributed by atoms with Crippen LogP contribution in [0.5, 0.6) is 5.75 Å². The second kappa shape index (κ2) is 7.14. The van der Waals surface area contributed by atoms with Crippen molar-refractivity contribution in [1.82, 2.24) is 0 Å². The number of aliphatic carboxylic acids is 1. The second-order valence-electron chi connectivity index (χ2n) is 5.30. The minimum atomic E-state index is -1.13. The summed E-state index contributed by atoms with van der Waals surface area (Å²) in [5.41, 5.74) is 5.65. The fourth-order valence-electron chi connectivity index (χ4n) is 1.93. The maximum Gasteiger partial charge on any atom is 0.323 e. The molecule has 1 aromatic carbocycles. The number of hydrogen-bond acceptors (Lipinski definition) is 4. The molecule has 0 aliphatic rings. The maximum absolute atomic E-state index is 10.9. The van der Waals surface area contributed by atoms with Gasteiger partial charge in [0.15, 0.2) is 0 Å². The molecule has 1 unspecified atom stereocenters. The molecular weight excluding hydrogens is 256 g/mol. The van der Waals surface area contributed by atoms with Crippen LogP contribution < -0.4 is 15.4 Å². The van der Waals surface area contributed by atoms with Gasteiger partial charge in [-0.3, -0.25) is 4.79 Å². The lowest BCUT2D eigenvalue weighted by Crippen LogP contribution is -2.44. The molecule has 0 radical (unpaired) electrons. The van der Waals surface area contributed by atoms with Gasteiger partial charge < -0.3 is 20.5 Å². The third-order valence-corrected chi connectivity index (χ3v) is 3.42. The fraction of sp³-hybridized carbons (Fsp3) is 0.533. The quantitative estimate of drug-likeness (QED) is 0.713. The van der Waals surface area contributed by atoms with Crippen molar-refractivity contribution in [2.24, 2.45) is 5.73 Å². The molecule has 1 rings (SSSR count). The average molecular weight is 280 g/mol. The molecule has 0 saturated carbocycles. The zero-order chi connectivity index (χ0) is 15.2. The highest BCUT2D eigenvalue weighted by Gasteiger charge is 2.26. The van der Waals surface area contributed by atoms with Crippen LogP contribution in [0.3, 0.4) is 0 Å². The normalized spacial score (nSPS) is 13.6. The van der Waals surface area contributed by atoms with E-state index in [1.165, 1.54) is 0 Å². The lowest BCUT2D eigenvalue weighted by Gasteiger charge is -2.22. The van der Waals surface area contributed by atoms with Crippen molar-refractivity contribution in [3.05, 3.63) is 24.3 Å². The number of carbonyl (C=O) groups is 1. The van der Waals surface area contributed by atoms with Crippen molar-refractivity contribution < 1.29 is 14.6 Å². The van der Waals surface area contributed by atoms with Gasteiger partial charge in [0, 0.05) is 25.3 Å². The maximum atomic E-state index is 10.9. The van der Waals surface area contributed by atoms with Crippen molar-refractivity contribution in [3.63, 3.8) is 0 Å². The van der Waals surface area contributed by atoms with Crippen LogP contribution in [0.25, 0.3) is 0 Å². The number of nitrogens with zero attached hydrogens (tertiary/aromatic N) is 1. The van der Waals surface area contributed by atoms with E-state index in [0.29, 0.717) is 6.42 Å². The van der Waals surface area contributed by atoms with Gasteiger partial charge in [-0.15, -0.1) is 0 Å². The molecule has 0 amide bonds. The van der Waals surface area contributed by atoms with Crippen LogP contribution in [-0.2, 0) is 4.79 Å². The summed E-state index contributed by atoms with van der Waals surface area (Å²) in [6, 6.07) is 7.85. The van der Waals surface area contributed by atoms with Crippen LogP contribution in [0, 0.1) is 0 Å². The van der Waals surface area contributed by atoms with Crippen LogP contribution in [0.15, 0.2) is 24.3 Å². The molecule has 0 fully saturated rings. The molecule has 0 aliphatic heterocycles. The van der Waals surface area contributed by atoms with Crippen LogP contribution >= 0.6 is 0 Å². The van der Waals surface area contributed by atoms with E-state index in [2.05, 4.69) is 4.90 Å². The molecule has 0 saturated heterocycles. The van der Waals surface area contributed by atoms with Crippen LogP contribution in [0.1, 0.15) is 26.2 Å². The van der Waals surface area contributed by atoms with E-state index in [-0.39, 0.29) is 0 Å². The molecule has 0 heterocycles. The number of hydrogen-bond donors (Lipinski definition) is 2. The topological polar surface area (TPSA) is 75.8 Å². The van der Waals surface area contributed by atoms with Gasteiger partial charge in [0.05, 0.1) is 7.11 Å². The zero-order valence-electron chi connectivity index (χ0n) is 12.4. The average Bonchev–Trinajstić information content (AvgIpc) is 2.43. The first-order valence-corrected chi connectivity index (χ1v) is 6.74. The van der Waals surface area contributed by atoms with Crippen molar-refractivity contribution in [3.8, 4) is 5.75 Å². The van der Waals surface area contributed by atoms with Crippen LogP contribution in [0.4, 0.5) is 5.69 Å². The van der Waals surface area contributed by atoms with Gasteiger partial charge >= 0.3 is 5.97 Å². The number of carboxylic acid groups (broad SMARTS) is 1. The summed E-state index contributed by atoms with van der Waals surface area (Å²) < 4.78 is 5.19. The van der Waals surface area contributed by atoms with Crippen LogP contribution in [0.2, 0.25) is 0 Å². The Balaban J connectivity index is 2.40. The SMILES string of the molecule is COc1cccc(N(C)CCCCC(C)(N)C(=O)O)c1. The standard InChI is InChI=1S/C15H24N2O3/c1-15(16,14(18)19)9-4-5-10-17(2)12-7-6-8-13(11-12)20-3/h6-8,11H,4-5,9-10,16H2,1-3H3,(H,18,19). The first-order valence-electron chi connectivity index (χ1n) is 6.74. The highest BCUT2D eigenvalue weighted by atomic mass is 16.5. The molecule has 1 aromatic rings. The fourth-order valence-corrected chi connectivity index (χ4v) is 1.93. The van der Waals surface area contributed by atoms with Gasteiger partial charge in [-0.2, -0.15) is 0 Å². The summed E-state index contributed by atoms with van der Waals surface area (Å²) in [7, 11) is 3.65. The zero-order valence-corrected chi connectivity index (χ0v) is 12.4. The van der Waals surface area contributed by atoms with Gasteiger partial charge in [-0.05, 0) is 38.3 Å². The van der Waals surface area contributed by atoms with Crippen molar-refractivity contribution in [2.75, 3.05) is 25.6 Å². The van der Waals surface area contributed by atoms with Crippen molar-refractivity contribution in [2.45, 2.75) is 31.7 Å². The minimum absolute atomic E-state index is 0.480. The van der Waals surface area contributed by atoms with E-state index in [4.69, 9.17) is 15.6 Å². The number of nitrogens with two attached hydrogens (primary N) is 1. The van der Waals surface area contributed by atoms with Crippen molar-refractivity contribution in [1.29, 1.82) is 0 Å². The van der Waals surface area contributed by atoms with Gasteiger partial charge in [0.1, 0.15) is 11.3 Å². The Hall–Kier alpha value is -1.75. The summed E-state index contributed by atoms with van der Waals surface area (Å²) in [6.45, 7) is 2.41. The largest absolute Gasteiger partial charge is 0.497 e. The smallest absolute Gasteiger partial charge is 0.323 e. The molecule has 0 aromatic heterocycles. The highest BCUT2D eigenvalue weighted by Crippen LogP contribution is 2.20. The van der Waals surface area contributed by atoms with Crippen molar-refractivity contribution >= 4 is 11.7 Å². The Morgan fingerprint density at radius 2 is 2.15 bits per heavy atom. The Bertz CT molecular complexity index is 446. The predicted octanol–water partition coefficient (Wildman–Crippen LogP) is 2.10. The van der Waals surface area contributed by atoms with Gasteiger partial charge in [-0.25, -0.2) is 0 Å². The number of anilines is 1.